The summed E-state index contributed by atoms with van der Waals surface area (Å²) < 4.78 is 47.1. The number of carbonyl (C=O) groups excluding carboxylic acids is 1. The molecule has 3 heterocycles. The Hall–Kier alpha value is -3.23. The fraction of sp³-hybridized carbons (Fsp3) is 0.300. The standard InChI is InChI=1S/C20H19F3N4O2/c1-12-4-6-13(7-5-12)15-9-17(20(21,22)23)27-18(25-15)10-16(26-27)19(28)24-11-14-3-2-8-29-14/h2-8,10,15,17,25H,9,11H2,1H3,(H,24,28)/t15-,17+/m0/s1. The molecule has 3 aromatic rings. The number of furan rings is 1. The first-order valence-electron chi connectivity index (χ1n) is 9.11. The molecule has 1 amide bonds. The maximum absolute atomic E-state index is 13.7. The minimum atomic E-state index is -4.49. The number of hydrogen-bond acceptors (Lipinski definition) is 4. The van der Waals surface area contributed by atoms with Gasteiger partial charge in [0.1, 0.15) is 11.6 Å². The first-order valence-corrected chi connectivity index (χ1v) is 9.11. The minimum absolute atomic E-state index is 0.0853. The molecular weight excluding hydrogens is 385 g/mol. The number of hydrogen-bond donors (Lipinski definition) is 2. The molecule has 9 heteroatoms. The van der Waals surface area contributed by atoms with Gasteiger partial charge < -0.3 is 15.1 Å². The lowest BCUT2D eigenvalue weighted by Gasteiger charge is -2.33. The third kappa shape index (κ3) is 3.98. The molecule has 1 aromatic carbocycles. The average Bonchev–Trinajstić information content (AvgIpc) is 3.34. The van der Waals surface area contributed by atoms with Gasteiger partial charge >= 0.3 is 6.18 Å². The quantitative estimate of drug-likeness (QED) is 0.677. The summed E-state index contributed by atoms with van der Waals surface area (Å²) in [6.45, 7) is 2.04. The van der Waals surface area contributed by atoms with Gasteiger partial charge in [-0.25, -0.2) is 4.68 Å². The molecule has 2 atom stereocenters. The van der Waals surface area contributed by atoms with Crippen molar-refractivity contribution in [2.24, 2.45) is 0 Å². The van der Waals surface area contributed by atoms with Crippen molar-refractivity contribution in [3.63, 3.8) is 0 Å². The van der Waals surface area contributed by atoms with Gasteiger partial charge in [0, 0.05) is 12.5 Å². The summed E-state index contributed by atoms with van der Waals surface area (Å²) in [5.74, 6) is 0.123. The largest absolute Gasteiger partial charge is 0.467 e. The van der Waals surface area contributed by atoms with Crippen molar-refractivity contribution in [3.8, 4) is 0 Å². The second kappa shape index (κ2) is 7.31. The Balaban J connectivity index is 1.59. The van der Waals surface area contributed by atoms with Gasteiger partial charge in [-0.3, -0.25) is 4.79 Å². The Morgan fingerprint density at radius 1 is 1.31 bits per heavy atom. The van der Waals surface area contributed by atoms with Crippen LogP contribution in [0.2, 0.25) is 0 Å². The van der Waals surface area contributed by atoms with E-state index < -0.39 is 24.2 Å². The third-order valence-electron chi connectivity index (χ3n) is 4.91. The zero-order chi connectivity index (χ0) is 20.6. The van der Waals surface area contributed by atoms with Gasteiger partial charge in [0.25, 0.3) is 5.91 Å². The molecule has 0 bridgehead atoms. The monoisotopic (exact) mass is 404 g/mol. The maximum Gasteiger partial charge on any atom is 0.410 e. The summed E-state index contributed by atoms with van der Waals surface area (Å²) in [4.78, 5) is 12.4. The number of halogens is 3. The van der Waals surface area contributed by atoms with Crippen molar-refractivity contribution in [3.05, 3.63) is 71.3 Å². The number of amides is 1. The van der Waals surface area contributed by atoms with Gasteiger partial charge in [-0.2, -0.15) is 18.3 Å². The van der Waals surface area contributed by atoms with E-state index in [0.717, 1.165) is 15.8 Å². The van der Waals surface area contributed by atoms with E-state index in [0.29, 0.717) is 5.76 Å². The van der Waals surface area contributed by atoms with Crippen LogP contribution in [0.3, 0.4) is 0 Å². The van der Waals surface area contributed by atoms with Crippen LogP contribution in [0.5, 0.6) is 0 Å². The molecule has 2 aromatic heterocycles. The van der Waals surface area contributed by atoms with E-state index in [9.17, 15) is 18.0 Å². The second-order valence-electron chi connectivity index (χ2n) is 7.02. The van der Waals surface area contributed by atoms with Gasteiger partial charge in [0.15, 0.2) is 11.7 Å². The van der Waals surface area contributed by atoms with E-state index in [2.05, 4.69) is 15.7 Å². The van der Waals surface area contributed by atoms with Crippen molar-refractivity contribution in [1.82, 2.24) is 15.1 Å². The molecule has 0 fully saturated rings. The molecule has 2 N–H and O–H groups in total. The summed E-state index contributed by atoms with van der Waals surface area (Å²) in [7, 11) is 0. The van der Waals surface area contributed by atoms with Crippen LogP contribution in [-0.4, -0.2) is 21.9 Å². The molecule has 0 aliphatic carbocycles. The lowest BCUT2D eigenvalue weighted by molar-refractivity contribution is -0.173. The van der Waals surface area contributed by atoms with Gasteiger partial charge in [0.2, 0.25) is 0 Å². The SMILES string of the molecule is Cc1ccc([C@@H]2C[C@H](C(F)(F)F)n3nc(C(=O)NCc4ccco4)cc3N2)cc1. The van der Waals surface area contributed by atoms with E-state index in [-0.39, 0.29) is 24.5 Å². The Morgan fingerprint density at radius 2 is 2.07 bits per heavy atom. The van der Waals surface area contributed by atoms with Crippen molar-refractivity contribution in [2.75, 3.05) is 5.32 Å². The number of fused-ring (bicyclic) bond motifs is 1. The summed E-state index contributed by atoms with van der Waals surface area (Å²) >= 11 is 0. The number of carbonyl (C=O) groups is 1. The van der Waals surface area contributed by atoms with Crippen LogP contribution < -0.4 is 10.6 Å². The number of aromatic nitrogens is 2. The van der Waals surface area contributed by atoms with Crippen LogP contribution in [-0.2, 0) is 6.54 Å². The van der Waals surface area contributed by atoms with Crippen LogP contribution in [0.15, 0.2) is 53.1 Å². The lowest BCUT2D eigenvalue weighted by atomic mass is 9.96. The number of rotatable bonds is 4. The summed E-state index contributed by atoms with van der Waals surface area (Å²) in [5, 5.41) is 9.61. The Morgan fingerprint density at radius 3 is 2.72 bits per heavy atom. The maximum atomic E-state index is 13.7. The predicted molar refractivity (Wildman–Crippen MR) is 99.4 cm³/mol. The number of nitrogens with zero attached hydrogens (tertiary/aromatic N) is 2. The zero-order valence-electron chi connectivity index (χ0n) is 15.5. The summed E-state index contributed by atoms with van der Waals surface area (Å²) in [6.07, 6.45) is -3.23. The van der Waals surface area contributed by atoms with E-state index in [1.807, 2.05) is 31.2 Å². The number of benzene rings is 1. The van der Waals surface area contributed by atoms with Crippen LogP contribution in [0.25, 0.3) is 0 Å². The molecular formula is C20H19F3N4O2. The number of aryl methyl sites for hydroxylation is 1. The Bertz CT molecular complexity index is 994. The van der Waals surface area contributed by atoms with Gasteiger partial charge in [-0.1, -0.05) is 29.8 Å². The highest BCUT2D eigenvalue weighted by molar-refractivity contribution is 5.93. The van der Waals surface area contributed by atoms with Crippen LogP contribution >= 0.6 is 0 Å². The van der Waals surface area contributed by atoms with Gasteiger partial charge in [-0.15, -0.1) is 0 Å². The Kier molecular flexibility index (Phi) is 4.81. The number of nitrogens with one attached hydrogen (secondary N) is 2. The predicted octanol–water partition coefficient (Wildman–Crippen LogP) is 4.37. The van der Waals surface area contributed by atoms with E-state index >= 15 is 0 Å². The molecule has 0 unspecified atom stereocenters. The first-order chi connectivity index (χ1) is 13.8. The molecule has 0 saturated heterocycles. The third-order valence-corrected chi connectivity index (χ3v) is 4.91. The van der Waals surface area contributed by atoms with E-state index in [1.54, 1.807) is 12.1 Å². The minimum Gasteiger partial charge on any atom is -0.467 e. The molecule has 4 rings (SSSR count). The van der Waals surface area contributed by atoms with E-state index in [1.165, 1.54) is 12.3 Å². The van der Waals surface area contributed by atoms with Crippen LogP contribution in [0.1, 0.15) is 45.9 Å². The molecule has 0 saturated carbocycles. The fourth-order valence-corrected chi connectivity index (χ4v) is 3.37. The Labute approximate surface area is 164 Å². The highest BCUT2D eigenvalue weighted by Gasteiger charge is 2.46. The first kappa shape index (κ1) is 19.1. The molecule has 6 nitrogen and oxygen atoms in total. The highest BCUT2D eigenvalue weighted by atomic mass is 19.4. The van der Waals surface area contributed by atoms with Crippen LogP contribution in [0.4, 0.5) is 19.0 Å². The van der Waals surface area contributed by atoms with Crippen molar-refractivity contribution >= 4 is 11.7 Å². The van der Waals surface area contributed by atoms with Crippen molar-refractivity contribution < 1.29 is 22.4 Å². The fourth-order valence-electron chi connectivity index (χ4n) is 3.37. The molecule has 0 spiro atoms. The molecule has 1 aliphatic rings. The second-order valence-corrected chi connectivity index (χ2v) is 7.02. The van der Waals surface area contributed by atoms with Crippen molar-refractivity contribution in [2.45, 2.75) is 38.1 Å². The number of alkyl halides is 3. The van der Waals surface area contributed by atoms with Crippen LogP contribution in [0, 0.1) is 6.92 Å². The number of anilines is 1. The summed E-state index contributed by atoms with van der Waals surface area (Å²) in [5.41, 5.74) is 1.69. The molecule has 1 aliphatic heterocycles. The average molecular weight is 404 g/mol. The smallest absolute Gasteiger partial charge is 0.410 e. The molecule has 29 heavy (non-hydrogen) atoms. The molecule has 0 radical (unpaired) electrons. The van der Waals surface area contributed by atoms with Crippen molar-refractivity contribution in [1.29, 1.82) is 0 Å². The van der Waals surface area contributed by atoms with Gasteiger partial charge in [0.05, 0.1) is 18.8 Å². The molecule has 152 valence electrons. The highest BCUT2D eigenvalue weighted by Crippen LogP contribution is 2.43. The topological polar surface area (TPSA) is 72.1 Å². The normalized spacial score (nSPS) is 18.8. The zero-order valence-corrected chi connectivity index (χ0v) is 15.5. The van der Waals surface area contributed by atoms with Gasteiger partial charge in [-0.05, 0) is 24.6 Å². The van der Waals surface area contributed by atoms with E-state index in [4.69, 9.17) is 4.42 Å². The lowest BCUT2D eigenvalue weighted by Crippen LogP contribution is -2.35. The summed E-state index contributed by atoms with van der Waals surface area (Å²) in [6, 6.07) is 9.69.